The molecule has 136 valence electrons. The highest BCUT2D eigenvalue weighted by molar-refractivity contribution is 7.94. The van der Waals surface area contributed by atoms with E-state index in [1.54, 1.807) is 18.2 Å². The molecule has 0 aliphatic carbocycles. The van der Waals surface area contributed by atoms with Gasteiger partial charge in [0.15, 0.2) is 0 Å². The lowest BCUT2D eigenvalue weighted by Gasteiger charge is -2.16. The van der Waals surface area contributed by atoms with Gasteiger partial charge in [0.25, 0.3) is 5.91 Å². The molecule has 2 amide bonds. The summed E-state index contributed by atoms with van der Waals surface area (Å²) in [6.45, 7) is 0. The van der Waals surface area contributed by atoms with Crippen molar-refractivity contribution < 1.29 is 18.0 Å². The zero-order chi connectivity index (χ0) is 19.1. The highest BCUT2D eigenvalue weighted by Crippen LogP contribution is 2.32. The lowest BCUT2D eigenvalue weighted by atomic mass is 10.1. The van der Waals surface area contributed by atoms with Crippen molar-refractivity contribution in [3.63, 3.8) is 0 Å². The summed E-state index contributed by atoms with van der Waals surface area (Å²) in [6.07, 6.45) is -0.0901. The number of amides is 2. The van der Waals surface area contributed by atoms with Gasteiger partial charge in [0.1, 0.15) is 0 Å². The Kier molecular flexibility index (Phi) is 5.16. The van der Waals surface area contributed by atoms with E-state index in [-0.39, 0.29) is 44.2 Å². The van der Waals surface area contributed by atoms with Crippen LogP contribution in [0.3, 0.4) is 0 Å². The summed E-state index contributed by atoms with van der Waals surface area (Å²) in [6, 6.07) is 8.70. The third-order valence-corrected chi connectivity index (χ3v) is 6.35. The molecule has 1 saturated heterocycles. The Balaban J connectivity index is 1.91. The van der Waals surface area contributed by atoms with Crippen LogP contribution in [0.25, 0.3) is 0 Å². The minimum Gasteiger partial charge on any atom is -0.319 e. The third kappa shape index (κ3) is 3.53. The average molecular weight is 434 g/mol. The number of nitrogens with one attached hydrogen (secondary N) is 1. The van der Waals surface area contributed by atoms with Crippen LogP contribution >= 0.6 is 34.8 Å². The molecule has 6 nitrogen and oxygen atoms in total. The van der Waals surface area contributed by atoms with Crippen LogP contribution in [-0.4, -0.2) is 26.0 Å². The van der Waals surface area contributed by atoms with E-state index in [0.717, 1.165) is 0 Å². The van der Waals surface area contributed by atoms with Gasteiger partial charge in [0.05, 0.1) is 37.8 Å². The molecule has 2 aromatic carbocycles. The molecular weight excluding hydrogens is 423 g/mol. The van der Waals surface area contributed by atoms with E-state index in [4.69, 9.17) is 34.8 Å². The smallest absolute Gasteiger partial charge is 0.257 e. The van der Waals surface area contributed by atoms with Crippen LogP contribution in [0.15, 0.2) is 36.4 Å². The van der Waals surface area contributed by atoms with Crippen molar-refractivity contribution in [2.24, 2.45) is 0 Å². The number of hydrogen-bond donors (Lipinski definition) is 1. The molecule has 0 unspecified atom stereocenters. The molecule has 0 radical (unpaired) electrons. The fourth-order valence-electron chi connectivity index (χ4n) is 2.48. The minimum absolute atomic E-state index is 0.0157. The number of hydrogen-bond acceptors (Lipinski definition) is 4. The lowest BCUT2D eigenvalue weighted by molar-refractivity contribution is -0.116. The molecule has 0 bridgehead atoms. The van der Waals surface area contributed by atoms with Gasteiger partial charge in [0.2, 0.25) is 15.9 Å². The second kappa shape index (κ2) is 7.08. The molecule has 0 spiro atoms. The monoisotopic (exact) mass is 432 g/mol. The van der Waals surface area contributed by atoms with Crippen molar-refractivity contribution in [3.8, 4) is 0 Å². The number of carbonyl (C=O) groups excluding carboxylic acids is 2. The lowest BCUT2D eigenvalue weighted by Crippen LogP contribution is -2.29. The van der Waals surface area contributed by atoms with E-state index in [1.165, 1.54) is 18.2 Å². The quantitative estimate of drug-likeness (QED) is 0.794. The van der Waals surface area contributed by atoms with E-state index in [9.17, 15) is 18.0 Å². The van der Waals surface area contributed by atoms with Crippen LogP contribution in [0.5, 0.6) is 0 Å². The number of rotatable bonds is 3. The van der Waals surface area contributed by atoms with Gasteiger partial charge in [-0.2, -0.15) is 0 Å². The fraction of sp³-hybridized carbons (Fsp3) is 0.125. The van der Waals surface area contributed by atoms with Gasteiger partial charge in [-0.05, 0) is 30.3 Å². The average Bonchev–Trinajstić information content (AvgIpc) is 2.84. The predicted octanol–water partition coefficient (Wildman–Crippen LogP) is 3.97. The number of benzene rings is 2. The zero-order valence-electron chi connectivity index (χ0n) is 13.0. The largest absolute Gasteiger partial charge is 0.319 e. The number of sulfonamides is 1. The van der Waals surface area contributed by atoms with Gasteiger partial charge in [-0.3, -0.25) is 9.59 Å². The van der Waals surface area contributed by atoms with Gasteiger partial charge < -0.3 is 5.32 Å². The summed E-state index contributed by atoms with van der Waals surface area (Å²) < 4.78 is 24.6. The first-order chi connectivity index (χ1) is 12.2. The van der Waals surface area contributed by atoms with Gasteiger partial charge in [-0.25, -0.2) is 12.7 Å². The van der Waals surface area contributed by atoms with E-state index >= 15 is 0 Å². The molecule has 0 atom stereocenters. The number of nitrogens with zero attached hydrogens (tertiary/aromatic N) is 1. The topological polar surface area (TPSA) is 83.6 Å². The Labute approximate surface area is 164 Å². The number of para-hydroxylation sites is 1. The zero-order valence-corrected chi connectivity index (χ0v) is 16.1. The van der Waals surface area contributed by atoms with Crippen molar-refractivity contribution in [1.82, 2.24) is 0 Å². The maximum absolute atomic E-state index is 12.5. The molecule has 1 N–H and O–H groups in total. The molecular formula is C16H11Cl3N2O4S. The fourth-order valence-corrected chi connectivity index (χ4v) is 4.69. The molecule has 1 fully saturated rings. The normalized spacial score (nSPS) is 16.0. The number of carbonyl (C=O) groups is 2. The highest BCUT2D eigenvalue weighted by Gasteiger charge is 2.36. The third-order valence-electron chi connectivity index (χ3n) is 3.71. The maximum atomic E-state index is 12.5. The molecule has 0 saturated carbocycles. The van der Waals surface area contributed by atoms with Crippen molar-refractivity contribution >= 4 is 68.0 Å². The summed E-state index contributed by atoms with van der Waals surface area (Å²) in [5.41, 5.74) is 0.401. The predicted molar refractivity (Wildman–Crippen MR) is 102 cm³/mol. The SMILES string of the molecule is O=C(Nc1c(Cl)cccc1Cl)c1ccc(N2C(=O)CCS2(=O)=O)cc1Cl. The van der Waals surface area contributed by atoms with Crippen LogP contribution in [0.2, 0.25) is 15.1 Å². The van der Waals surface area contributed by atoms with Crippen LogP contribution in [0.1, 0.15) is 16.8 Å². The summed E-state index contributed by atoms with van der Waals surface area (Å²) in [7, 11) is -3.71. The van der Waals surface area contributed by atoms with Gasteiger partial charge >= 0.3 is 0 Å². The minimum atomic E-state index is -3.71. The molecule has 10 heteroatoms. The van der Waals surface area contributed by atoms with Crippen molar-refractivity contribution in [2.45, 2.75) is 6.42 Å². The van der Waals surface area contributed by atoms with Crippen LogP contribution < -0.4 is 9.62 Å². The molecule has 26 heavy (non-hydrogen) atoms. The second-order valence-electron chi connectivity index (χ2n) is 5.44. The van der Waals surface area contributed by atoms with Gasteiger partial charge in [-0.1, -0.05) is 40.9 Å². The number of anilines is 2. The van der Waals surface area contributed by atoms with E-state index in [1.807, 2.05) is 0 Å². The van der Waals surface area contributed by atoms with E-state index < -0.39 is 21.8 Å². The molecule has 1 aliphatic rings. The van der Waals surface area contributed by atoms with Crippen LogP contribution in [-0.2, 0) is 14.8 Å². The first kappa shape index (κ1) is 19.0. The van der Waals surface area contributed by atoms with Crippen LogP contribution in [0, 0.1) is 0 Å². The maximum Gasteiger partial charge on any atom is 0.257 e. The second-order valence-corrected chi connectivity index (χ2v) is 8.60. The van der Waals surface area contributed by atoms with Crippen LogP contribution in [0.4, 0.5) is 11.4 Å². The molecule has 1 heterocycles. The molecule has 1 aliphatic heterocycles. The first-order valence-corrected chi connectivity index (χ1v) is 10.1. The summed E-state index contributed by atoms with van der Waals surface area (Å²) in [5.74, 6) is -1.37. The Morgan fingerprint density at radius 1 is 1.04 bits per heavy atom. The van der Waals surface area contributed by atoms with E-state index in [2.05, 4.69) is 5.32 Å². The molecule has 2 aromatic rings. The van der Waals surface area contributed by atoms with E-state index in [0.29, 0.717) is 4.31 Å². The van der Waals surface area contributed by atoms with Gasteiger partial charge in [0, 0.05) is 6.42 Å². The Hall–Kier alpha value is -1.80. The number of halogens is 3. The summed E-state index contributed by atoms with van der Waals surface area (Å²) in [4.78, 5) is 24.3. The highest BCUT2D eigenvalue weighted by atomic mass is 35.5. The van der Waals surface area contributed by atoms with Crippen molar-refractivity contribution in [2.75, 3.05) is 15.4 Å². The standard InChI is InChI=1S/C16H11Cl3N2O4S/c17-11-2-1-3-12(18)15(11)20-16(23)10-5-4-9(8-13(10)19)21-14(22)6-7-26(21,24)25/h1-5,8H,6-7H2,(H,20,23). The molecule has 3 rings (SSSR count). The Morgan fingerprint density at radius 3 is 2.23 bits per heavy atom. The van der Waals surface area contributed by atoms with Gasteiger partial charge in [-0.15, -0.1) is 0 Å². The summed E-state index contributed by atoms with van der Waals surface area (Å²) in [5, 5.41) is 3.06. The van der Waals surface area contributed by atoms with Crippen molar-refractivity contribution in [1.29, 1.82) is 0 Å². The first-order valence-electron chi connectivity index (χ1n) is 7.31. The Bertz CT molecular complexity index is 1000. The Morgan fingerprint density at radius 2 is 1.69 bits per heavy atom. The van der Waals surface area contributed by atoms with Crippen molar-refractivity contribution in [3.05, 3.63) is 57.0 Å². The summed E-state index contributed by atoms with van der Waals surface area (Å²) >= 11 is 18.2. The molecule has 0 aromatic heterocycles.